The third-order valence-corrected chi connectivity index (χ3v) is 4.78. The number of hydrogen-bond donors (Lipinski definition) is 2. The first-order valence-electron chi connectivity index (χ1n) is 8.32. The summed E-state index contributed by atoms with van der Waals surface area (Å²) in [6.45, 7) is 0. The maximum atomic E-state index is 5.97. The topological polar surface area (TPSA) is 80.8 Å². The lowest BCUT2D eigenvalue weighted by atomic mass is 10.1. The number of H-pyrrole nitrogens is 2. The van der Waals surface area contributed by atoms with Crippen LogP contribution in [0.15, 0.2) is 48.5 Å². The first-order valence-corrected chi connectivity index (χ1v) is 9.11. The summed E-state index contributed by atoms with van der Waals surface area (Å²) in [5.74, 6) is 1.89. The van der Waals surface area contributed by atoms with Crippen molar-refractivity contribution >= 4 is 23.8 Å². The summed E-state index contributed by atoms with van der Waals surface area (Å²) in [6.07, 6.45) is 0. The first kappa shape index (κ1) is 18.3. The maximum absolute atomic E-state index is 5.97. The number of ether oxygens (including phenoxy) is 2. The van der Waals surface area contributed by atoms with Gasteiger partial charge in [-0.1, -0.05) is 23.7 Å². The molecule has 2 N–H and O–H groups in total. The summed E-state index contributed by atoms with van der Waals surface area (Å²) < 4.78 is 13.0. The van der Waals surface area contributed by atoms with Gasteiger partial charge in [0, 0.05) is 16.7 Å². The van der Waals surface area contributed by atoms with Crippen LogP contribution < -0.4 is 9.47 Å². The first-order chi connectivity index (χ1) is 13.6. The molecule has 0 aliphatic heterocycles. The molecule has 2 aromatic carbocycles. The molecule has 2 heterocycles. The van der Waals surface area contributed by atoms with Crippen LogP contribution in [-0.2, 0) is 0 Å². The van der Waals surface area contributed by atoms with Crippen molar-refractivity contribution in [3.8, 4) is 40.0 Å². The largest absolute Gasteiger partial charge is 0.497 e. The van der Waals surface area contributed by atoms with E-state index < -0.39 is 0 Å². The van der Waals surface area contributed by atoms with Crippen LogP contribution in [0, 0.1) is 4.77 Å². The molecule has 28 heavy (non-hydrogen) atoms. The van der Waals surface area contributed by atoms with Crippen molar-refractivity contribution in [3.05, 3.63) is 58.3 Å². The molecule has 9 heteroatoms. The lowest BCUT2D eigenvalue weighted by Gasteiger charge is -2.12. The number of benzene rings is 2. The highest BCUT2D eigenvalue weighted by Gasteiger charge is 2.17. The number of rotatable bonds is 5. The molecule has 0 fully saturated rings. The minimum absolute atomic E-state index is 0.421. The lowest BCUT2D eigenvalue weighted by Crippen LogP contribution is -2.01. The fraction of sp³-hybridized carbons (Fsp3) is 0.105. The van der Waals surface area contributed by atoms with E-state index in [4.69, 9.17) is 33.3 Å². The van der Waals surface area contributed by atoms with Gasteiger partial charge in [-0.05, 0) is 42.5 Å². The lowest BCUT2D eigenvalue weighted by molar-refractivity contribution is 0.401. The van der Waals surface area contributed by atoms with Gasteiger partial charge >= 0.3 is 0 Å². The average Bonchev–Trinajstić information content (AvgIpc) is 3.34. The van der Waals surface area contributed by atoms with Gasteiger partial charge in [-0.15, -0.1) is 0 Å². The number of nitrogens with zero attached hydrogens (tertiary/aromatic N) is 3. The van der Waals surface area contributed by atoms with Gasteiger partial charge in [0.25, 0.3) is 0 Å². The third-order valence-electron chi connectivity index (χ3n) is 4.26. The zero-order valence-corrected chi connectivity index (χ0v) is 16.6. The molecule has 0 atom stereocenters. The van der Waals surface area contributed by atoms with Gasteiger partial charge in [0.1, 0.15) is 17.2 Å². The van der Waals surface area contributed by atoms with Crippen molar-refractivity contribution < 1.29 is 9.47 Å². The molecule has 0 saturated heterocycles. The Labute approximate surface area is 170 Å². The van der Waals surface area contributed by atoms with Crippen LogP contribution in [0.2, 0.25) is 5.02 Å². The van der Waals surface area contributed by atoms with Gasteiger partial charge in [-0.2, -0.15) is 10.2 Å². The molecule has 0 saturated carbocycles. The SMILES string of the molecule is COc1ccc(OC)c(-n2c(-c3cc(-c4ccc(Cl)cc4)n[nH]3)n[nH]c2=S)c1. The number of methoxy groups -OCH3 is 2. The Morgan fingerprint density at radius 1 is 0.964 bits per heavy atom. The predicted octanol–water partition coefficient (Wildman–Crippen LogP) is 4.66. The molecule has 4 rings (SSSR count). The monoisotopic (exact) mass is 413 g/mol. The molecule has 142 valence electrons. The zero-order chi connectivity index (χ0) is 19.7. The normalized spacial score (nSPS) is 10.8. The molecule has 0 unspecified atom stereocenters. The fourth-order valence-electron chi connectivity index (χ4n) is 2.88. The summed E-state index contributed by atoms with van der Waals surface area (Å²) >= 11 is 11.4. The molecule has 0 aliphatic rings. The minimum Gasteiger partial charge on any atom is -0.497 e. The summed E-state index contributed by atoms with van der Waals surface area (Å²) in [4.78, 5) is 0. The highest BCUT2D eigenvalue weighted by molar-refractivity contribution is 7.71. The minimum atomic E-state index is 0.421. The standard InChI is InChI=1S/C19H16ClN5O2S/c1-26-13-7-8-17(27-2)16(9-13)25-18(23-24-19(25)28)15-10-14(21-22-15)11-3-5-12(20)6-4-11/h3-10H,1-2H3,(H,21,22)(H,24,28). The van der Waals surface area contributed by atoms with Crippen LogP contribution >= 0.6 is 23.8 Å². The molecule has 0 radical (unpaired) electrons. The quantitative estimate of drug-likeness (QED) is 0.465. The Bertz CT molecular complexity index is 1180. The second-order valence-electron chi connectivity index (χ2n) is 5.90. The summed E-state index contributed by atoms with van der Waals surface area (Å²) in [7, 11) is 3.21. The third kappa shape index (κ3) is 3.28. The van der Waals surface area contributed by atoms with E-state index in [-0.39, 0.29) is 0 Å². The molecular weight excluding hydrogens is 398 g/mol. The van der Waals surface area contributed by atoms with Crippen molar-refractivity contribution in [1.29, 1.82) is 0 Å². The van der Waals surface area contributed by atoms with E-state index in [1.807, 2.05) is 48.5 Å². The van der Waals surface area contributed by atoms with Gasteiger partial charge in [0.2, 0.25) is 0 Å². The second-order valence-corrected chi connectivity index (χ2v) is 6.72. The molecule has 4 aromatic rings. The molecule has 0 bridgehead atoms. The number of nitrogens with one attached hydrogen (secondary N) is 2. The second kappa shape index (κ2) is 7.49. The highest BCUT2D eigenvalue weighted by atomic mass is 35.5. The van der Waals surface area contributed by atoms with E-state index in [1.54, 1.807) is 18.8 Å². The van der Waals surface area contributed by atoms with Gasteiger partial charge in [0.15, 0.2) is 10.6 Å². The molecule has 2 aromatic heterocycles. The van der Waals surface area contributed by atoms with E-state index in [9.17, 15) is 0 Å². The Hall–Kier alpha value is -3.10. The molecular formula is C19H16ClN5O2S. The Kier molecular flexibility index (Phi) is 4.89. The van der Waals surface area contributed by atoms with E-state index in [0.29, 0.717) is 38.5 Å². The summed E-state index contributed by atoms with van der Waals surface area (Å²) in [6, 6.07) is 14.8. The zero-order valence-electron chi connectivity index (χ0n) is 15.1. The van der Waals surface area contributed by atoms with E-state index in [2.05, 4.69) is 20.4 Å². The van der Waals surface area contributed by atoms with Crippen molar-refractivity contribution in [1.82, 2.24) is 25.0 Å². The van der Waals surface area contributed by atoms with Gasteiger partial charge in [-0.25, -0.2) is 0 Å². The molecule has 7 nitrogen and oxygen atoms in total. The summed E-state index contributed by atoms with van der Waals surface area (Å²) in [5.41, 5.74) is 3.11. The van der Waals surface area contributed by atoms with Crippen molar-refractivity contribution in [2.24, 2.45) is 0 Å². The van der Waals surface area contributed by atoms with Gasteiger partial charge in [-0.3, -0.25) is 14.8 Å². The highest BCUT2D eigenvalue weighted by Crippen LogP contribution is 2.32. The van der Waals surface area contributed by atoms with Crippen molar-refractivity contribution in [2.45, 2.75) is 0 Å². The van der Waals surface area contributed by atoms with Crippen molar-refractivity contribution in [2.75, 3.05) is 14.2 Å². The Balaban J connectivity index is 1.82. The number of aromatic amines is 2. The van der Waals surface area contributed by atoms with Gasteiger partial charge < -0.3 is 9.47 Å². The Morgan fingerprint density at radius 2 is 1.75 bits per heavy atom. The van der Waals surface area contributed by atoms with E-state index in [1.165, 1.54) is 0 Å². The van der Waals surface area contributed by atoms with Gasteiger partial charge in [0.05, 0.1) is 25.6 Å². The van der Waals surface area contributed by atoms with Crippen LogP contribution in [-0.4, -0.2) is 39.2 Å². The fourth-order valence-corrected chi connectivity index (χ4v) is 3.23. The molecule has 0 spiro atoms. The van der Waals surface area contributed by atoms with Crippen LogP contribution in [0.25, 0.3) is 28.5 Å². The predicted molar refractivity (Wildman–Crippen MR) is 110 cm³/mol. The summed E-state index contributed by atoms with van der Waals surface area (Å²) in [5, 5.41) is 15.3. The van der Waals surface area contributed by atoms with E-state index in [0.717, 1.165) is 11.3 Å². The average molecular weight is 414 g/mol. The molecule has 0 amide bonds. The number of aromatic nitrogens is 5. The van der Waals surface area contributed by atoms with Crippen LogP contribution in [0.5, 0.6) is 11.5 Å². The number of hydrogen-bond acceptors (Lipinski definition) is 5. The van der Waals surface area contributed by atoms with E-state index >= 15 is 0 Å². The van der Waals surface area contributed by atoms with Crippen molar-refractivity contribution in [3.63, 3.8) is 0 Å². The number of halogens is 1. The van der Waals surface area contributed by atoms with Crippen LogP contribution in [0.1, 0.15) is 0 Å². The van der Waals surface area contributed by atoms with Crippen LogP contribution in [0.4, 0.5) is 0 Å². The smallest absolute Gasteiger partial charge is 0.200 e. The molecule has 0 aliphatic carbocycles. The Morgan fingerprint density at radius 3 is 2.46 bits per heavy atom. The van der Waals surface area contributed by atoms with Crippen LogP contribution in [0.3, 0.4) is 0 Å². The maximum Gasteiger partial charge on any atom is 0.200 e.